The fourth-order valence-electron chi connectivity index (χ4n) is 0.980. The van der Waals surface area contributed by atoms with Crippen LogP contribution in [0.2, 0.25) is 0 Å². The topological polar surface area (TPSA) is 15.8 Å². The van der Waals surface area contributed by atoms with Crippen molar-refractivity contribution in [3.05, 3.63) is 26.3 Å². The number of thiophene rings is 1. The van der Waals surface area contributed by atoms with Crippen molar-refractivity contribution in [3.8, 4) is 10.6 Å². The van der Waals surface area contributed by atoms with Gasteiger partial charge >= 0.3 is 0 Å². The van der Waals surface area contributed by atoms with Gasteiger partial charge in [-0.3, -0.25) is 0 Å². The lowest BCUT2D eigenvalue weighted by Gasteiger charge is -1.87. The SMILES string of the molecule is Cc1ccc(-c2csc(=S)[nH]2)s1. The van der Waals surface area contributed by atoms with Crippen LogP contribution in [0.3, 0.4) is 0 Å². The number of H-pyrrole nitrogens is 1. The van der Waals surface area contributed by atoms with E-state index in [0.717, 1.165) is 9.65 Å². The van der Waals surface area contributed by atoms with E-state index in [1.807, 2.05) is 0 Å². The fraction of sp³-hybridized carbons (Fsp3) is 0.125. The quantitative estimate of drug-likeness (QED) is 0.712. The third-order valence-corrected chi connectivity index (χ3v) is 3.62. The second kappa shape index (κ2) is 3.12. The number of hydrogen-bond acceptors (Lipinski definition) is 3. The number of aryl methyl sites for hydroxylation is 1. The molecule has 2 rings (SSSR count). The smallest absolute Gasteiger partial charge is 0.158 e. The van der Waals surface area contributed by atoms with Crippen LogP contribution in [0.15, 0.2) is 17.5 Å². The van der Waals surface area contributed by atoms with Crippen molar-refractivity contribution in [3.63, 3.8) is 0 Å². The molecule has 0 atom stereocenters. The lowest BCUT2D eigenvalue weighted by Crippen LogP contribution is -1.67. The molecule has 0 aliphatic rings. The molecule has 0 spiro atoms. The van der Waals surface area contributed by atoms with E-state index >= 15 is 0 Å². The molecular formula is C8H7NS3. The predicted molar refractivity (Wildman–Crippen MR) is 57.6 cm³/mol. The van der Waals surface area contributed by atoms with E-state index in [0.29, 0.717) is 0 Å². The fourth-order valence-corrected chi connectivity index (χ4v) is 2.73. The maximum atomic E-state index is 5.01. The summed E-state index contributed by atoms with van der Waals surface area (Å²) in [6.45, 7) is 2.11. The van der Waals surface area contributed by atoms with Crippen molar-refractivity contribution in [2.45, 2.75) is 6.92 Å². The first-order valence-electron chi connectivity index (χ1n) is 3.50. The lowest BCUT2D eigenvalue weighted by molar-refractivity contribution is 1.41. The van der Waals surface area contributed by atoms with Crippen molar-refractivity contribution in [2.24, 2.45) is 0 Å². The third kappa shape index (κ3) is 1.50. The Labute approximate surface area is 83.7 Å². The minimum absolute atomic E-state index is 0.844. The Balaban J connectivity index is 2.50. The molecule has 2 heterocycles. The van der Waals surface area contributed by atoms with Gasteiger partial charge in [-0.1, -0.05) is 0 Å². The van der Waals surface area contributed by atoms with Crippen LogP contribution in [0, 0.1) is 10.9 Å². The summed E-state index contributed by atoms with van der Waals surface area (Å²) in [5.41, 5.74) is 1.14. The van der Waals surface area contributed by atoms with Gasteiger partial charge in [-0.25, -0.2) is 0 Å². The van der Waals surface area contributed by atoms with E-state index in [2.05, 4.69) is 29.4 Å². The Hall–Kier alpha value is -0.450. The normalized spacial score (nSPS) is 10.4. The van der Waals surface area contributed by atoms with Gasteiger partial charge in [0, 0.05) is 10.3 Å². The number of nitrogens with one attached hydrogen (secondary N) is 1. The van der Waals surface area contributed by atoms with Crippen LogP contribution in [-0.2, 0) is 0 Å². The summed E-state index contributed by atoms with van der Waals surface area (Å²) in [6, 6.07) is 4.24. The minimum atomic E-state index is 0.844. The maximum Gasteiger partial charge on any atom is 0.158 e. The third-order valence-electron chi connectivity index (χ3n) is 1.53. The molecule has 4 heteroatoms. The van der Waals surface area contributed by atoms with E-state index in [4.69, 9.17) is 12.2 Å². The highest BCUT2D eigenvalue weighted by molar-refractivity contribution is 7.73. The van der Waals surface area contributed by atoms with Crippen LogP contribution in [0.4, 0.5) is 0 Å². The summed E-state index contributed by atoms with van der Waals surface area (Å²) in [6.07, 6.45) is 0. The Morgan fingerprint density at radius 2 is 2.25 bits per heavy atom. The standard InChI is InChI=1S/C8H7NS3/c1-5-2-3-7(12-5)6-4-11-8(10)9-6/h2-4H,1H3,(H,9,10). The zero-order valence-electron chi connectivity index (χ0n) is 6.46. The van der Waals surface area contributed by atoms with Gasteiger partial charge in [0.2, 0.25) is 0 Å². The van der Waals surface area contributed by atoms with Gasteiger partial charge in [0.1, 0.15) is 0 Å². The highest BCUT2D eigenvalue weighted by Gasteiger charge is 2.00. The van der Waals surface area contributed by atoms with Gasteiger partial charge in [0.25, 0.3) is 0 Å². The number of hydrogen-bond donors (Lipinski definition) is 1. The molecule has 0 aliphatic heterocycles. The molecule has 1 nitrogen and oxygen atoms in total. The van der Waals surface area contributed by atoms with Crippen molar-refractivity contribution in [2.75, 3.05) is 0 Å². The lowest BCUT2D eigenvalue weighted by atomic mass is 10.4. The molecular weight excluding hydrogens is 206 g/mol. The molecule has 2 aromatic rings. The number of thiazole rings is 1. The Kier molecular flexibility index (Phi) is 2.12. The molecule has 1 N–H and O–H groups in total. The van der Waals surface area contributed by atoms with Crippen molar-refractivity contribution >= 4 is 34.9 Å². The van der Waals surface area contributed by atoms with Gasteiger partial charge in [-0.05, 0) is 31.3 Å². The first-order valence-corrected chi connectivity index (χ1v) is 5.61. The predicted octanol–water partition coefficient (Wildman–Crippen LogP) is 3.84. The molecule has 0 aliphatic carbocycles. The van der Waals surface area contributed by atoms with Gasteiger partial charge in [-0.2, -0.15) is 0 Å². The minimum Gasteiger partial charge on any atom is -0.336 e. The van der Waals surface area contributed by atoms with Crippen LogP contribution in [0.1, 0.15) is 4.88 Å². The van der Waals surface area contributed by atoms with E-state index in [1.54, 1.807) is 22.7 Å². The van der Waals surface area contributed by atoms with Crippen LogP contribution >= 0.6 is 34.9 Å². The molecule has 0 unspecified atom stereocenters. The largest absolute Gasteiger partial charge is 0.336 e. The van der Waals surface area contributed by atoms with Crippen LogP contribution in [-0.4, -0.2) is 4.98 Å². The molecule has 0 aromatic carbocycles. The van der Waals surface area contributed by atoms with Gasteiger partial charge < -0.3 is 4.98 Å². The summed E-state index contributed by atoms with van der Waals surface area (Å²) < 4.78 is 0.844. The molecule has 0 fully saturated rings. The van der Waals surface area contributed by atoms with Crippen LogP contribution < -0.4 is 0 Å². The molecule has 0 bridgehead atoms. The van der Waals surface area contributed by atoms with Crippen molar-refractivity contribution < 1.29 is 0 Å². The molecule has 0 amide bonds. The number of aromatic nitrogens is 1. The average molecular weight is 213 g/mol. The van der Waals surface area contributed by atoms with Crippen molar-refractivity contribution in [1.82, 2.24) is 4.98 Å². The van der Waals surface area contributed by atoms with Gasteiger partial charge in [-0.15, -0.1) is 22.7 Å². The Bertz CT molecular complexity index is 435. The van der Waals surface area contributed by atoms with Gasteiger partial charge in [0.15, 0.2) is 3.95 Å². The highest BCUT2D eigenvalue weighted by Crippen LogP contribution is 2.27. The molecule has 0 saturated carbocycles. The monoisotopic (exact) mass is 213 g/mol. The Morgan fingerprint density at radius 1 is 1.42 bits per heavy atom. The summed E-state index contributed by atoms with van der Waals surface area (Å²) in [5, 5.41) is 2.06. The number of aromatic amines is 1. The molecule has 0 radical (unpaired) electrons. The Morgan fingerprint density at radius 3 is 2.75 bits per heavy atom. The summed E-state index contributed by atoms with van der Waals surface area (Å²) in [5.74, 6) is 0. The zero-order valence-corrected chi connectivity index (χ0v) is 8.91. The average Bonchev–Trinajstić information content (AvgIpc) is 2.58. The van der Waals surface area contributed by atoms with E-state index in [1.165, 1.54) is 9.75 Å². The molecule has 12 heavy (non-hydrogen) atoms. The van der Waals surface area contributed by atoms with Crippen molar-refractivity contribution in [1.29, 1.82) is 0 Å². The summed E-state index contributed by atoms with van der Waals surface area (Å²) in [7, 11) is 0. The summed E-state index contributed by atoms with van der Waals surface area (Å²) >= 11 is 8.36. The second-order valence-electron chi connectivity index (χ2n) is 2.47. The first-order chi connectivity index (χ1) is 5.75. The maximum absolute atomic E-state index is 5.01. The van der Waals surface area contributed by atoms with Crippen LogP contribution in [0.25, 0.3) is 10.6 Å². The molecule has 2 aromatic heterocycles. The highest BCUT2D eigenvalue weighted by atomic mass is 32.1. The molecule has 0 saturated heterocycles. The van der Waals surface area contributed by atoms with E-state index in [-0.39, 0.29) is 0 Å². The van der Waals surface area contributed by atoms with E-state index < -0.39 is 0 Å². The second-order valence-corrected chi connectivity index (χ2v) is 5.31. The zero-order chi connectivity index (χ0) is 8.55. The number of rotatable bonds is 1. The summed E-state index contributed by atoms with van der Waals surface area (Å²) in [4.78, 5) is 5.74. The van der Waals surface area contributed by atoms with Crippen LogP contribution in [0.5, 0.6) is 0 Å². The first kappa shape index (κ1) is 8.16. The van der Waals surface area contributed by atoms with E-state index in [9.17, 15) is 0 Å². The molecule has 62 valence electrons. The van der Waals surface area contributed by atoms with Gasteiger partial charge in [0.05, 0.1) is 10.6 Å².